The van der Waals surface area contributed by atoms with E-state index in [1.807, 2.05) is 0 Å². The lowest BCUT2D eigenvalue weighted by molar-refractivity contribution is 0.0963. The van der Waals surface area contributed by atoms with Crippen molar-refractivity contribution in [1.29, 1.82) is 0 Å². The number of hydrogen-bond acceptors (Lipinski definition) is 3. The van der Waals surface area contributed by atoms with Gasteiger partial charge in [0.2, 0.25) is 0 Å². The molecular formula is C17H24ClFN4O2. The highest BCUT2D eigenvalue weighted by molar-refractivity contribution is 6.31. The maximum atomic E-state index is 13.7. The summed E-state index contributed by atoms with van der Waals surface area (Å²) in [6.45, 7) is 3.75. The molecule has 25 heavy (non-hydrogen) atoms. The molecule has 0 radical (unpaired) electrons. The Labute approximate surface area is 152 Å². The van der Waals surface area contributed by atoms with E-state index in [1.54, 1.807) is 24.0 Å². The minimum atomic E-state index is -0.333. The van der Waals surface area contributed by atoms with Crippen molar-refractivity contribution in [3.8, 4) is 0 Å². The summed E-state index contributed by atoms with van der Waals surface area (Å²) >= 11 is 5.98. The van der Waals surface area contributed by atoms with Crippen LogP contribution in [0.25, 0.3) is 0 Å². The fraction of sp³-hybridized carbons (Fsp3) is 0.529. The van der Waals surface area contributed by atoms with Crippen LogP contribution in [0.4, 0.5) is 9.18 Å². The van der Waals surface area contributed by atoms with Crippen LogP contribution in [0.5, 0.6) is 0 Å². The van der Waals surface area contributed by atoms with Crippen LogP contribution in [-0.4, -0.2) is 49.2 Å². The Bertz CT molecular complexity index is 598. The highest BCUT2D eigenvalue weighted by Gasteiger charge is 2.23. The second-order valence-corrected chi connectivity index (χ2v) is 6.23. The number of aliphatic imine (C=N–C) groups is 1. The van der Waals surface area contributed by atoms with Gasteiger partial charge in [0.05, 0.1) is 6.61 Å². The molecule has 0 bridgehead atoms. The number of carbonyl (C=O) groups is 1. The van der Waals surface area contributed by atoms with E-state index in [2.05, 4.69) is 10.3 Å². The number of rotatable bonds is 5. The Morgan fingerprint density at radius 2 is 2.20 bits per heavy atom. The van der Waals surface area contributed by atoms with Gasteiger partial charge >= 0.3 is 6.09 Å². The predicted molar refractivity (Wildman–Crippen MR) is 96.4 cm³/mol. The molecule has 1 aliphatic heterocycles. The third-order valence-electron chi connectivity index (χ3n) is 4.08. The molecule has 0 atom stereocenters. The van der Waals surface area contributed by atoms with Gasteiger partial charge in [0, 0.05) is 36.3 Å². The Kier molecular flexibility index (Phi) is 7.31. The van der Waals surface area contributed by atoms with Crippen molar-refractivity contribution in [3.63, 3.8) is 0 Å². The summed E-state index contributed by atoms with van der Waals surface area (Å²) in [5.74, 6) is -0.0115. The molecule has 6 nitrogen and oxygen atoms in total. The number of nitrogens with one attached hydrogen (secondary N) is 1. The fourth-order valence-electron chi connectivity index (χ4n) is 2.74. The van der Waals surface area contributed by atoms with E-state index in [9.17, 15) is 9.18 Å². The smallest absolute Gasteiger partial charge is 0.409 e. The van der Waals surface area contributed by atoms with Gasteiger partial charge in [-0.1, -0.05) is 17.7 Å². The Morgan fingerprint density at radius 1 is 1.48 bits per heavy atom. The molecule has 8 heteroatoms. The zero-order valence-corrected chi connectivity index (χ0v) is 15.1. The molecule has 2 rings (SSSR count). The number of likely N-dealkylation sites (tertiary alicyclic amines) is 1. The lowest BCUT2D eigenvalue weighted by Gasteiger charge is -2.31. The summed E-state index contributed by atoms with van der Waals surface area (Å²) in [4.78, 5) is 17.6. The maximum Gasteiger partial charge on any atom is 0.409 e. The third-order valence-corrected chi connectivity index (χ3v) is 4.43. The average molecular weight is 371 g/mol. The van der Waals surface area contributed by atoms with Gasteiger partial charge in [0.15, 0.2) is 5.96 Å². The van der Waals surface area contributed by atoms with E-state index in [1.165, 1.54) is 6.07 Å². The second-order valence-electron chi connectivity index (χ2n) is 5.82. The van der Waals surface area contributed by atoms with E-state index in [0.29, 0.717) is 49.2 Å². The summed E-state index contributed by atoms with van der Waals surface area (Å²) in [6.07, 6.45) is 1.65. The first-order valence-corrected chi connectivity index (χ1v) is 8.80. The lowest BCUT2D eigenvalue weighted by Crippen LogP contribution is -2.48. The first kappa shape index (κ1) is 19.3. The van der Waals surface area contributed by atoms with Gasteiger partial charge < -0.3 is 20.7 Å². The second kappa shape index (κ2) is 9.46. The zero-order chi connectivity index (χ0) is 18.2. The number of guanidine groups is 1. The van der Waals surface area contributed by atoms with E-state index in [4.69, 9.17) is 22.1 Å². The topological polar surface area (TPSA) is 80.0 Å². The van der Waals surface area contributed by atoms with Crippen molar-refractivity contribution in [3.05, 3.63) is 34.6 Å². The van der Waals surface area contributed by atoms with Gasteiger partial charge in [-0.25, -0.2) is 9.18 Å². The first-order valence-electron chi connectivity index (χ1n) is 8.42. The highest BCUT2D eigenvalue weighted by atomic mass is 35.5. The molecule has 3 N–H and O–H groups in total. The molecular weight excluding hydrogens is 347 g/mol. The van der Waals surface area contributed by atoms with Crippen LogP contribution < -0.4 is 11.1 Å². The number of piperidine rings is 1. The molecule has 0 spiro atoms. The number of carbonyl (C=O) groups excluding carboxylic acids is 1. The maximum absolute atomic E-state index is 13.7. The van der Waals surface area contributed by atoms with E-state index >= 15 is 0 Å². The minimum Gasteiger partial charge on any atom is -0.450 e. The number of benzene rings is 1. The zero-order valence-electron chi connectivity index (χ0n) is 14.3. The number of hydrogen-bond donors (Lipinski definition) is 2. The van der Waals surface area contributed by atoms with Gasteiger partial charge in [0.25, 0.3) is 0 Å². The Hall–Kier alpha value is -2.02. The van der Waals surface area contributed by atoms with Gasteiger partial charge in [-0.15, -0.1) is 0 Å². The summed E-state index contributed by atoms with van der Waals surface area (Å²) < 4.78 is 18.7. The third kappa shape index (κ3) is 5.77. The van der Waals surface area contributed by atoms with Gasteiger partial charge in [-0.2, -0.15) is 0 Å². The first-order chi connectivity index (χ1) is 12.0. The molecule has 1 heterocycles. The van der Waals surface area contributed by atoms with E-state index in [0.717, 1.165) is 12.8 Å². The van der Waals surface area contributed by atoms with Crippen molar-refractivity contribution in [2.45, 2.75) is 32.2 Å². The van der Waals surface area contributed by atoms with Crippen LogP contribution in [0.15, 0.2) is 23.2 Å². The van der Waals surface area contributed by atoms with Crippen molar-refractivity contribution >= 4 is 23.7 Å². The van der Waals surface area contributed by atoms with E-state index in [-0.39, 0.29) is 18.0 Å². The quantitative estimate of drug-likeness (QED) is 0.616. The van der Waals surface area contributed by atoms with Crippen LogP contribution in [-0.2, 0) is 11.2 Å². The van der Waals surface area contributed by atoms with Crippen molar-refractivity contribution < 1.29 is 13.9 Å². The van der Waals surface area contributed by atoms with Crippen LogP contribution in [0, 0.1) is 5.82 Å². The number of nitrogens with zero attached hydrogens (tertiary/aromatic N) is 2. The van der Waals surface area contributed by atoms with Gasteiger partial charge in [-0.3, -0.25) is 4.99 Å². The molecule has 1 saturated heterocycles. The molecule has 138 valence electrons. The van der Waals surface area contributed by atoms with E-state index < -0.39 is 0 Å². The monoisotopic (exact) mass is 370 g/mol. The normalized spacial score (nSPS) is 16.0. The Morgan fingerprint density at radius 3 is 2.84 bits per heavy atom. The number of ether oxygens (including phenoxy) is 1. The molecule has 1 fully saturated rings. The average Bonchev–Trinajstić information content (AvgIpc) is 2.58. The minimum absolute atomic E-state index is 0.159. The molecule has 1 aromatic carbocycles. The predicted octanol–water partition coefficient (Wildman–Crippen LogP) is 2.55. The highest BCUT2D eigenvalue weighted by Crippen LogP contribution is 2.19. The van der Waals surface area contributed by atoms with Gasteiger partial charge in [0.1, 0.15) is 5.82 Å². The van der Waals surface area contributed by atoms with Crippen LogP contribution in [0.3, 0.4) is 0 Å². The molecule has 0 unspecified atom stereocenters. The number of amides is 1. The SMILES string of the molecule is CCOC(=O)N1CCC(NC(N)=NCCc2c(F)cccc2Cl)CC1. The summed E-state index contributed by atoms with van der Waals surface area (Å²) in [6, 6.07) is 4.77. The largest absolute Gasteiger partial charge is 0.450 e. The van der Waals surface area contributed by atoms with Crippen LogP contribution in [0.1, 0.15) is 25.3 Å². The number of halogens is 2. The van der Waals surface area contributed by atoms with Crippen molar-refractivity contribution in [2.75, 3.05) is 26.2 Å². The van der Waals surface area contributed by atoms with Crippen LogP contribution in [0.2, 0.25) is 5.02 Å². The molecule has 1 amide bonds. The summed E-state index contributed by atoms with van der Waals surface area (Å²) in [5.41, 5.74) is 6.34. The Balaban J connectivity index is 1.76. The molecule has 0 saturated carbocycles. The lowest BCUT2D eigenvalue weighted by atomic mass is 10.1. The molecule has 0 aromatic heterocycles. The van der Waals surface area contributed by atoms with Crippen LogP contribution >= 0.6 is 11.6 Å². The van der Waals surface area contributed by atoms with Crippen molar-refractivity contribution in [2.24, 2.45) is 10.7 Å². The standard InChI is InChI=1S/C17H24ClFN4O2/c1-2-25-17(24)23-10-7-12(8-11-23)22-16(20)21-9-6-13-14(18)4-3-5-15(13)19/h3-5,12H,2,6-11H2,1H3,(H3,20,21,22). The molecule has 1 aromatic rings. The summed E-state index contributed by atoms with van der Waals surface area (Å²) in [7, 11) is 0. The fourth-order valence-corrected chi connectivity index (χ4v) is 2.99. The molecule has 0 aliphatic carbocycles. The van der Waals surface area contributed by atoms with Crippen molar-refractivity contribution in [1.82, 2.24) is 10.2 Å². The number of nitrogens with two attached hydrogens (primary N) is 1. The molecule has 1 aliphatic rings. The van der Waals surface area contributed by atoms with Gasteiger partial charge in [-0.05, 0) is 38.3 Å². The summed E-state index contributed by atoms with van der Waals surface area (Å²) in [5, 5.41) is 3.54.